The SMILES string of the molecule is COc1ccccc1OCCN(Cc1ccc(O)cc1)CC(Cc1cccc2c1[nH]c1ccccc12)OC=O.Cl. The highest BCUT2D eigenvalue weighted by molar-refractivity contribution is 6.08. The molecule has 208 valence electrons. The molecule has 0 bridgehead atoms. The van der Waals surface area contributed by atoms with Gasteiger partial charge in [0.25, 0.3) is 6.47 Å². The first-order chi connectivity index (χ1) is 19.1. The van der Waals surface area contributed by atoms with Gasteiger partial charge < -0.3 is 24.3 Å². The highest BCUT2D eigenvalue weighted by Gasteiger charge is 2.19. The number of halogens is 1. The van der Waals surface area contributed by atoms with Crippen LogP contribution in [0.4, 0.5) is 0 Å². The molecule has 0 aliphatic rings. The summed E-state index contributed by atoms with van der Waals surface area (Å²) in [7, 11) is 1.62. The smallest absolute Gasteiger partial charge is 0.293 e. The molecule has 0 fully saturated rings. The molecule has 0 saturated carbocycles. The van der Waals surface area contributed by atoms with Crippen LogP contribution in [0.5, 0.6) is 17.2 Å². The summed E-state index contributed by atoms with van der Waals surface area (Å²) in [5.74, 6) is 1.57. The van der Waals surface area contributed by atoms with E-state index in [4.69, 9.17) is 14.2 Å². The number of para-hydroxylation sites is 4. The van der Waals surface area contributed by atoms with Crippen molar-refractivity contribution in [3.8, 4) is 17.2 Å². The lowest BCUT2D eigenvalue weighted by molar-refractivity contribution is -0.134. The summed E-state index contributed by atoms with van der Waals surface area (Å²) < 4.78 is 17.1. The van der Waals surface area contributed by atoms with Crippen molar-refractivity contribution in [2.24, 2.45) is 0 Å². The summed E-state index contributed by atoms with van der Waals surface area (Å²) >= 11 is 0. The maximum Gasteiger partial charge on any atom is 0.293 e. The average Bonchev–Trinajstić information content (AvgIpc) is 3.34. The summed E-state index contributed by atoms with van der Waals surface area (Å²) in [6, 6.07) is 29.2. The largest absolute Gasteiger partial charge is 0.508 e. The fourth-order valence-corrected chi connectivity index (χ4v) is 4.99. The molecular formula is C32H33ClN2O5. The van der Waals surface area contributed by atoms with Gasteiger partial charge in [-0.2, -0.15) is 0 Å². The van der Waals surface area contributed by atoms with Gasteiger partial charge >= 0.3 is 0 Å². The fourth-order valence-electron chi connectivity index (χ4n) is 4.99. The monoisotopic (exact) mass is 560 g/mol. The number of aromatic nitrogens is 1. The van der Waals surface area contributed by atoms with Gasteiger partial charge in [-0.1, -0.05) is 60.7 Å². The zero-order chi connectivity index (χ0) is 27.0. The second kappa shape index (κ2) is 13.7. The standard InChI is InChI=1S/C32H32N2O5.ClH/c1-37-30-11-4-5-12-31(30)38-18-17-34(20-23-13-15-25(36)16-14-23)21-26(39-22-35)19-24-7-6-9-28-27-8-2-3-10-29(27)33-32(24)28;/h2-16,22,26,33,36H,17-21H2,1H3;1H. The summed E-state index contributed by atoms with van der Waals surface area (Å²) in [6.07, 6.45) is 0.186. The molecular weight excluding hydrogens is 528 g/mol. The zero-order valence-corrected chi connectivity index (χ0v) is 23.1. The van der Waals surface area contributed by atoms with Gasteiger partial charge in [0.1, 0.15) is 18.5 Å². The van der Waals surface area contributed by atoms with Crippen molar-refractivity contribution in [3.05, 3.63) is 102 Å². The van der Waals surface area contributed by atoms with Gasteiger partial charge in [-0.15, -0.1) is 12.4 Å². The second-order valence-electron chi connectivity index (χ2n) is 9.47. The van der Waals surface area contributed by atoms with E-state index in [1.165, 1.54) is 5.39 Å². The Labute approximate surface area is 239 Å². The molecule has 0 amide bonds. The van der Waals surface area contributed by atoms with Gasteiger partial charge in [-0.25, -0.2) is 0 Å². The molecule has 1 atom stereocenters. The number of nitrogens with one attached hydrogen (secondary N) is 1. The van der Waals surface area contributed by atoms with Crippen LogP contribution < -0.4 is 9.47 Å². The van der Waals surface area contributed by atoms with Crippen molar-refractivity contribution in [2.45, 2.75) is 19.1 Å². The number of phenolic OH excluding ortho intramolecular Hbond substituents is 1. The van der Waals surface area contributed by atoms with Gasteiger partial charge in [0.15, 0.2) is 11.5 Å². The maximum atomic E-state index is 11.5. The van der Waals surface area contributed by atoms with Crippen LogP contribution in [-0.4, -0.2) is 54.4 Å². The number of rotatable bonds is 13. The molecule has 2 N–H and O–H groups in total. The van der Waals surface area contributed by atoms with Gasteiger partial charge in [0, 0.05) is 47.9 Å². The van der Waals surface area contributed by atoms with Crippen LogP contribution in [-0.2, 0) is 22.5 Å². The number of carbonyl (C=O) groups excluding carboxylic acids is 1. The Morgan fingerprint density at radius 2 is 1.62 bits per heavy atom. The zero-order valence-electron chi connectivity index (χ0n) is 22.3. The number of hydrogen-bond acceptors (Lipinski definition) is 6. The molecule has 8 heteroatoms. The molecule has 5 rings (SSSR count). The number of nitrogens with zero attached hydrogens (tertiary/aromatic N) is 1. The Morgan fingerprint density at radius 3 is 2.40 bits per heavy atom. The molecule has 0 spiro atoms. The Kier molecular flexibility index (Phi) is 9.89. The molecule has 5 aromatic rings. The van der Waals surface area contributed by atoms with E-state index in [0.29, 0.717) is 50.6 Å². The van der Waals surface area contributed by atoms with E-state index in [1.807, 2.05) is 54.6 Å². The van der Waals surface area contributed by atoms with Gasteiger partial charge in [-0.05, 0) is 41.5 Å². The lowest BCUT2D eigenvalue weighted by Gasteiger charge is -2.27. The number of aromatic hydroxyl groups is 1. The Balaban J connectivity index is 0.00000370. The van der Waals surface area contributed by atoms with Crippen LogP contribution >= 0.6 is 12.4 Å². The van der Waals surface area contributed by atoms with Crippen LogP contribution in [0.1, 0.15) is 11.1 Å². The molecule has 4 aromatic carbocycles. The third-order valence-corrected chi connectivity index (χ3v) is 6.86. The number of aromatic amines is 1. The highest BCUT2D eigenvalue weighted by Crippen LogP contribution is 2.29. The van der Waals surface area contributed by atoms with E-state index >= 15 is 0 Å². The Morgan fingerprint density at radius 1 is 0.900 bits per heavy atom. The average molecular weight is 561 g/mol. The molecule has 1 aromatic heterocycles. The first kappa shape index (κ1) is 28.8. The molecule has 1 heterocycles. The number of hydrogen-bond donors (Lipinski definition) is 2. The molecule has 40 heavy (non-hydrogen) atoms. The van der Waals surface area contributed by atoms with Gasteiger partial charge in [0.2, 0.25) is 0 Å². The van der Waals surface area contributed by atoms with Crippen molar-refractivity contribution in [2.75, 3.05) is 26.8 Å². The minimum absolute atomic E-state index is 0. The van der Waals surface area contributed by atoms with Crippen molar-refractivity contribution in [3.63, 3.8) is 0 Å². The predicted octanol–water partition coefficient (Wildman–Crippen LogP) is 6.12. The summed E-state index contributed by atoms with van der Waals surface area (Å²) in [6.45, 7) is 2.65. The summed E-state index contributed by atoms with van der Waals surface area (Å²) in [4.78, 5) is 17.3. The number of phenols is 1. The number of fused-ring (bicyclic) bond motifs is 3. The van der Waals surface area contributed by atoms with Crippen molar-refractivity contribution in [1.29, 1.82) is 0 Å². The summed E-state index contributed by atoms with van der Waals surface area (Å²) in [5.41, 5.74) is 4.26. The van der Waals surface area contributed by atoms with E-state index in [0.717, 1.165) is 27.5 Å². The molecule has 7 nitrogen and oxygen atoms in total. The first-order valence-electron chi connectivity index (χ1n) is 13.0. The van der Waals surface area contributed by atoms with Gasteiger partial charge in [0.05, 0.1) is 7.11 Å². The second-order valence-corrected chi connectivity index (χ2v) is 9.47. The minimum atomic E-state index is -0.372. The van der Waals surface area contributed by atoms with Crippen LogP contribution in [0.3, 0.4) is 0 Å². The predicted molar refractivity (Wildman–Crippen MR) is 160 cm³/mol. The van der Waals surface area contributed by atoms with Crippen LogP contribution in [0, 0.1) is 0 Å². The topological polar surface area (TPSA) is 84.0 Å². The number of ether oxygens (including phenoxy) is 3. The molecule has 0 radical (unpaired) electrons. The van der Waals surface area contributed by atoms with Crippen LogP contribution in [0.15, 0.2) is 91.0 Å². The normalized spacial score (nSPS) is 11.8. The lowest BCUT2D eigenvalue weighted by atomic mass is 10.0. The Hall–Kier alpha value is -4.20. The van der Waals surface area contributed by atoms with Crippen LogP contribution in [0.25, 0.3) is 21.8 Å². The highest BCUT2D eigenvalue weighted by atomic mass is 35.5. The van der Waals surface area contributed by atoms with E-state index in [9.17, 15) is 9.90 Å². The third-order valence-electron chi connectivity index (χ3n) is 6.86. The number of benzene rings is 4. The van der Waals surface area contributed by atoms with E-state index in [2.05, 4.69) is 34.1 Å². The molecule has 0 saturated heterocycles. The van der Waals surface area contributed by atoms with E-state index in [-0.39, 0.29) is 24.3 Å². The van der Waals surface area contributed by atoms with E-state index < -0.39 is 0 Å². The first-order valence-corrected chi connectivity index (χ1v) is 13.0. The Bertz CT molecular complexity index is 1540. The lowest BCUT2D eigenvalue weighted by Crippen LogP contribution is -2.37. The fraction of sp³-hybridized carbons (Fsp3) is 0.219. The van der Waals surface area contributed by atoms with Gasteiger partial charge in [-0.3, -0.25) is 9.69 Å². The van der Waals surface area contributed by atoms with Crippen LogP contribution in [0.2, 0.25) is 0 Å². The number of methoxy groups -OCH3 is 1. The van der Waals surface area contributed by atoms with Crippen molar-refractivity contribution in [1.82, 2.24) is 9.88 Å². The minimum Gasteiger partial charge on any atom is -0.508 e. The van der Waals surface area contributed by atoms with Crippen molar-refractivity contribution < 1.29 is 24.1 Å². The number of H-pyrrole nitrogens is 1. The summed E-state index contributed by atoms with van der Waals surface area (Å²) in [5, 5.41) is 12.0. The molecule has 1 unspecified atom stereocenters. The maximum absolute atomic E-state index is 11.5. The third kappa shape index (κ3) is 6.86. The van der Waals surface area contributed by atoms with Crippen molar-refractivity contribution >= 4 is 40.7 Å². The molecule has 0 aliphatic carbocycles. The van der Waals surface area contributed by atoms with E-state index in [1.54, 1.807) is 19.2 Å². The number of carbonyl (C=O) groups is 1. The quantitative estimate of drug-likeness (QED) is 0.169. The molecule has 0 aliphatic heterocycles.